The van der Waals surface area contributed by atoms with E-state index in [-0.39, 0.29) is 11.6 Å². The Hall–Kier alpha value is -2.98. The first-order chi connectivity index (χ1) is 11.3. The highest BCUT2D eigenvalue weighted by Crippen LogP contribution is 2.15. The Kier molecular flexibility index (Phi) is 4.45. The van der Waals surface area contributed by atoms with E-state index in [1.807, 2.05) is 6.07 Å². The minimum Gasteiger partial charge on any atom is -0.378 e. The number of anilines is 2. The molecule has 2 aromatic rings. The van der Waals surface area contributed by atoms with Crippen LogP contribution < -0.4 is 10.2 Å². The third kappa shape index (κ3) is 3.62. The first-order valence-electron chi connectivity index (χ1n) is 7.22. The van der Waals surface area contributed by atoms with Crippen LogP contribution in [-0.2, 0) is 4.74 Å². The fourth-order valence-electron chi connectivity index (χ4n) is 2.30. The van der Waals surface area contributed by atoms with Crippen molar-refractivity contribution in [2.24, 2.45) is 0 Å². The van der Waals surface area contributed by atoms with Gasteiger partial charge in [0.25, 0.3) is 5.91 Å². The molecule has 1 saturated heterocycles. The van der Waals surface area contributed by atoms with Crippen LogP contribution in [0.5, 0.6) is 0 Å². The van der Waals surface area contributed by atoms with Crippen molar-refractivity contribution in [3.63, 3.8) is 0 Å². The van der Waals surface area contributed by atoms with E-state index in [0.29, 0.717) is 30.3 Å². The van der Waals surface area contributed by atoms with Crippen LogP contribution in [0, 0.1) is 11.3 Å². The molecule has 0 aliphatic carbocycles. The van der Waals surface area contributed by atoms with Crippen molar-refractivity contribution in [1.82, 2.24) is 9.97 Å². The zero-order valence-electron chi connectivity index (χ0n) is 12.4. The second-order valence-electron chi connectivity index (χ2n) is 5.01. The standard InChI is InChI=1S/C16H15N5O2/c17-10-12-2-1-3-13(8-12)20-16(22)14-9-15(19-11-18-14)21-4-6-23-7-5-21/h1-3,8-9,11H,4-7H2,(H,20,22). The van der Waals surface area contributed by atoms with E-state index in [9.17, 15) is 4.79 Å². The highest BCUT2D eigenvalue weighted by Gasteiger charge is 2.15. The van der Waals surface area contributed by atoms with Gasteiger partial charge in [0.2, 0.25) is 0 Å². The maximum Gasteiger partial charge on any atom is 0.274 e. The van der Waals surface area contributed by atoms with Crippen LogP contribution in [0.15, 0.2) is 36.7 Å². The monoisotopic (exact) mass is 309 g/mol. The van der Waals surface area contributed by atoms with Gasteiger partial charge in [-0.1, -0.05) is 6.07 Å². The molecule has 3 rings (SSSR count). The quantitative estimate of drug-likeness (QED) is 0.922. The van der Waals surface area contributed by atoms with Crippen LogP contribution >= 0.6 is 0 Å². The average molecular weight is 309 g/mol. The van der Waals surface area contributed by atoms with Gasteiger partial charge in [0, 0.05) is 24.8 Å². The maximum atomic E-state index is 12.3. The van der Waals surface area contributed by atoms with E-state index in [1.165, 1.54) is 6.33 Å². The molecule has 0 atom stereocenters. The Balaban J connectivity index is 1.75. The van der Waals surface area contributed by atoms with Gasteiger partial charge in [-0.15, -0.1) is 0 Å². The largest absolute Gasteiger partial charge is 0.378 e. The molecule has 23 heavy (non-hydrogen) atoms. The fourth-order valence-corrected chi connectivity index (χ4v) is 2.30. The average Bonchev–Trinajstić information content (AvgIpc) is 2.63. The summed E-state index contributed by atoms with van der Waals surface area (Å²) >= 11 is 0. The fraction of sp³-hybridized carbons (Fsp3) is 0.250. The summed E-state index contributed by atoms with van der Waals surface area (Å²) in [7, 11) is 0. The smallest absolute Gasteiger partial charge is 0.274 e. The van der Waals surface area contributed by atoms with Crippen molar-refractivity contribution >= 4 is 17.4 Å². The molecule has 0 radical (unpaired) electrons. The van der Waals surface area contributed by atoms with Gasteiger partial charge < -0.3 is 15.0 Å². The molecule has 7 heteroatoms. The number of ether oxygens (including phenoxy) is 1. The number of amides is 1. The van der Waals surface area contributed by atoms with E-state index in [1.54, 1.807) is 30.3 Å². The summed E-state index contributed by atoms with van der Waals surface area (Å²) < 4.78 is 5.31. The van der Waals surface area contributed by atoms with Gasteiger partial charge in [-0.25, -0.2) is 9.97 Å². The number of aromatic nitrogens is 2. The van der Waals surface area contributed by atoms with Gasteiger partial charge in [-0.05, 0) is 18.2 Å². The lowest BCUT2D eigenvalue weighted by molar-refractivity contribution is 0.102. The van der Waals surface area contributed by atoms with Gasteiger partial charge in [-0.3, -0.25) is 4.79 Å². The second-order valence-corrected chi connectivity index (χ2v) is 5.01. The van der Waals surface area contributed by atoms with Crippen molar-refractivity contribution in [2.45, 2.75) is 0 Å². The molecular weight excluding hydrogens is 294 g/mol. The minimum absolute atomic E-state index is 0.281. The predicted molar refractivity (Wildman–Crippen MR) is 84.2 cm³/mol. The van der Waals surface area contributed by atoms with Crippen LogP contribution in [0.1, 0.15) is 16.1 Å². The number of carbonyl (C=O) groups is 1. The van der Waals surface area contributed by atoms with E-state index in [4.69, 9.17) is 10.00 Å². The molecule has 2 heterocycles. The third-order valence-electron chi connectivity index (χ3n) is 3.47. The molecule has 1 fully saturated rings. The molecule has 0 saturated carbocycles. The molecule has 0 unspecified atom stereocenters. The van der Waals surface area contributed by atoms with Crippen LogP contribution in [0.2, 0.25) is 0 Å². The molecule has 1 aromatic carbocycles. The molecular formula is C16H15N5O2. The number of rotatable bonds is 3. The van der Waals surface area contributed by atoms with E-state index in [2.05, 4.69) is 20.2 Å². The van der Waals surface area contributed by atoms with Crippen LogP contribution in [0.3, 0.4) is 0 Å². The van der Waals surface area contributed by atoms with Gasteiger partial charge >= 0.3 is 0 Å². The molecule has 1 aromatic heterocycles. The van der Waals surface area contributed by atoms with E-state index < -0.39 is 0 Å². The number of hydrogen-bond acceptors (Lipinski definition) is 6. The highest BCUT2D eigenvalue weighted by atomic mass is 16.5. The van der Waals surface area contributed by atoms with Gasteiger partial charge in [0.1, 0.15) is 17.8 Å². The second kappa shape index (κ2) is 6.85. The van der Waals surface area contributed by atoms with Crippen molar-refractivity contribution in [3.8, 4) is 6.07 Å². The summed E-state index contributed by atoms with van der Waals surface area (Å²) in [4.78, 5) is 22.6. The predicted octanol–water partition coefficient (Wildman–Crippen LogP) is 1.44. The molecule has 1 aliphatic rings. The molecule has 0 spiro atoms. The Morgan fingerprint density at radius 3 is 2.87 bits per heavy atom. The van der Waals surface area contributed by atoms with Crippen molar-refractivity contribution in [1.29, 1.82) is 5.26 Å². The molecule has 116 valence electrons. The highest BCUT2D eigenvalue weighted by molar-refractivity contribution is 6.03. The lowest BCUT2D eigenvalue weighted by Gasteiger charge is -2.27. The van der Waals surface area contributed by atoms with E-state index >= 15 is 0 Å². The lowest BCUT2D eigenvalue weighted by Crippen LogP contribution is -2.37. The minimum atomic E-state index is -0.336. The summed E-state index contributed by atoms with van der Waals surface area (Å²) in [5.41, 5.74) is 1.32. The number of nitrogens with zero attached hydrogens (tertiary/aromatic N) is 4. The SMILES string of the molecule is N#Cc1cccc(NC(=O)c2cc(N3CCOCC3)ncn2)c1. The number of morpholine rings is 1. The molecule has 7 nitrogen and oxygen atoms in total. The Morgan fingerprint density at radius 1 is 1.26 bits per heavy atom. The third-order valence-corrected chi connectivity index (χ3v) is 3.47. The number of nitrogens with one attached hydrogen (secondary N) is 1. The zero-order valence-corrected chi connectivity index (χ0v) is 12.4. The first kappa shape index (κ1) is 14.9. The van der Waals surface area contributed by atoms with Crippen LogP contribution in [0.4, 0.5) is 11.5 Å². The number of benzene rings is 1. The maximum absolute atomic E-state index is 12.3. The van der Waals surface area contributed by atoms with Gasteiger partial charge in [-0.2, -0.15) is 5.26 Å². The Morgan fingerprint density at radius 2 is 2.09 bits per heavy atom. The normalized spacial score (nSPS) is 14.1. The topological polar surface area (TPSA) is 91.1 Å². The summed E-state index contributed by atoms with van der Waals surface area (Å²) in [6.07, 6.45) is 1.38. The van der Waals surface area contributed by atoms with Crippen molar-refractivity contribution in [3.05, 3.63) is 47.9 Å². The number of carbonyl (C=O) groups excluding carboxylic acids is 1. The summed E-state index contributed by atoms with van der Waals surface area (Å²) in [6, 6.07) is 10.4. The molecule has 1 amide bonds. The Labute approximate surface area is 133 Å². The van der Waals surface area contributed by atoms with Crippen LogP contribution in [0.25, 0.3) is 0 Å². The summed E-state index contributed by atoms with van der Waals surface area (Å²) in [5, 5.41) is 11.6. The van der Waals surface area contributed by atoms with Crippen molar-refractivity contribution < 1.29 is 9.53 Å². The molecule has 1 N–H and O–H groups in total. The molecule has 0 bridgehead atoms. The zero-order chi connectivity index (χ0) is 16.1. The van der Waals surface area contributed by atoms with E-state index in [0.717, 1.165) is 13.1 Å². The summed E-state index contributed by atoms with van der Waals surface area (Å²) in [6.45, 7) is 2.77. The lowest BCUT2D eigenvalue weighted by atomic mass is 10.2. The number of hydrogen-bond donors (Lipinski definition) is 1. The van der Waals surface area contributed by atoms with Gasteiger partial charge in [0.05, 0.1) is 24.8 Å². The molecule has 1 aliphatic heterocycles. The summed E-state index contributed by atoms with van der Waals surface area (Å²) in [5.74, 6) is 0.372. The Bertz CT molecular complexity index is 750. The van der Waals surface area contributed by atoms with Crippen molar-refractivity contribution in [2.75, 3.05) is 36.5 Å². The van der Waals surface area contributed by atoms with Gasteiger partial charge in [0.15, 0.2) is 0 Å². The number of nitriles is 1. The first-order valence-corrected chi connectivity index (χ1v) is 7.22. The van der Waals surface area contributed by atoms with Crippen LogP contribution in [-0.4, -0.2) is 42.2 Å².